The van der Waals surface area contributed by atoms with E-state index in [0.717, 1.165) is 95.2 Å². The smallest absolute Gasteiger partial charge is 0.393 e. The number of rotatable bonds is 6. The summed E-state index contributed by atoms with van der Waals surface area (Å²) in [6.45, 7) is 0.775. The van der Waals surface area contributed by atoms with Crippen molar-refractivity contribution in [3.8, 4) is 0 Å². The van der Waals surface area contributed by atoms with Crippen LogP contribution in [0.4, 0.5) is 11.6 Å². The molecule has 4 aliphatic heterocycles. The fourth-order valence-corrected chi connectivity index (χ4v) is 13.3. The third kappa shape index (κ3) is 5.56. The highest BCUT2D eigenvalue weighted by Crippen LogP contribution is 2.44. The van der Waals surface area contributed by atoms with Gasteiger partial charge in [-0.15, -0.1) is 0 Å². The molecule has 6 heterocycles. The average molecular weight is 799 g/mol. The molecule has 2 saturated carbocycles. The van der Waals surface area contributed by atoms with Gasteiger partial charge in [-0.1, -0.05) is 97.1 Å². The van der Waals surface area contributed by atoms with Gasteiger partial charge in [0.2, 0.25) is 0 Å². The Balaban J connectivity index is 1.26. The van der Waals surface area contributed by atoms with Gasteiger partial charge in [0.15, 0.2) is 23.3 Å². The number of aliphatic imine (C=N–C) groups is 4. The summed E-state index contributed by atoms with van der Waals surface area (Å²) in [6, 6.07) is 32.8. The lowest BCUT2D eigenvalue weighted by Gasteiger charge is -2.37. The van der Waals surface area contributed by atoms with Gasteiger partial charge in [-0.3, -0.25) is 8.47 Å². The van der Waals surface area contributed by atoms with Crippen molar-refractivity contribution in [1.82, 2.24) is 8.47 Å². The highest BCUT2D eigenvalue weighted by molar-refractivity contribution is 6.66. The van der Waals surface area contributed by atoms with Crippen LogP contribution in [0.15, 0.2) is 127 Å². The molecule has 6 aliphatic rings. The molecule has 0 unspecified atom stereocenters. The highest BCUT2D eigenvalue weighted by atomic mass is 28.4. The third-order valence-corrected chi connectivity index (χ3v) is 16.0. The van der Waals surface area contributed by atoms with Gasteiger partial charge in [-0.05, 0) is 63.2 Å². The summed E-state index contributed by atoms with van der Waals surface area (Å²) in [5, 5.41) is 24.7. The molecule has 0 amide bonds. The van der Waals surface area contributed by atoms with Gasteiger partial charge in [-0.2, -0.15) is 0 Å². The zero-order valence-corrected chi connectivity index (χ0v) is 33.4. The van der Waals surface area contributed by atoms with Crippen LogP contribution in [0.3, 0.4) is 0 Å². The van der Waals surface area contributed by atoms with Gasteiger partial charge in [-0.25, -0.2) is 30.0 Å². The standard InChI is InChI=1S/C46H42N8O4Si/c55-29-21-17-27(18-22-29)25-57-59(58-26-28-19-23-30(56)24-20-28)53-43-35-13-5-6-14-36(35)45(53)51-41-33-11-3-4-12-34(33)42(48-41)52-46-38-16-8-7-15-37(38)44(54(46)59)50-40-32-10-2-1-9-31(32)39(47-40)49-43/h1-16,27-30,55-56H,17-26H2. The Morgan fingerprint density at radius 2 is 0.797 bits per heavy atom. The van der Waals surface area contributed by atoms with E-state index in [-0.39, 0.29) is 24.0 Å². The van der Waals surface area contributed by atoms with E-state index in [9.17, 15) is 10.2 Å². The van der Waals surface area contributed by atoms with Crippen molar-refractivity contribution in [3.63, 3.8) is 0 Å². The van der Waals surface area contributed by atoms with Crippen LogP contribution in [0.25, 0.3) is 21.5 Å². The molecule has 0 radical (unpaired) electrons. The van der Waals surface area contributed by atoms with Crippen LogP contribution in [0.5, 0.6) is 0 Å². The maximum Gasteiger partial charge on any atom is 0.603 e. The molecule has 6 aromatic rings. The molecule has 0 saturated heterocycles. The quantitative estimate of drug-likeness (QED) is 0.186. The minimum Gasteiger partial charge on any atom is -0.393 e. The molecule has 2 N–H and O–H groups in total. The Bertz CT molecular complexity index is 2790. The summed E-state index contributed by atoms with van der Waals surface area (Å²) < 4.78 is 19.8. The number of aromatic nitrogens is 2. The first-order valence-corrected chi connectivity index (χ1v) is 22.6. The normalized spacial score (nSPS) is 25.3. The topological polar surface area (TPSA) is 143 Å². The summed E-state index contributed by atoms with van der Waals surface area (Å²) in [5.74, 6) is 3.87. The first kappa shape index (κ1) is 35.3. The maximum absolute atomic E-state index is 10.6. The van der Waals surface area contributed by atoms with Crippen LogP contribution in [0.1, 0.15) is 73.6 Å². The molecule has 2 aromatic heterocycles. The Labute approximate surface area is 340 Å². The lowest BCUT2D eigenvalue weighted by Crippen LogP contribution is -2.64. The van der Waals surface area contributed by atoms with E-state index in [4.69, 9.17) is 38.8 Å². The first-order chi connectivity index (χ1) is 29.0. The van der Waals surface area contributed by atoms with Crippen molar-refractivity contribution in [2.75, 3.05) is 13.2 Å². The van der Waals surface area contributed by atoms with Crippen LogP contribution < -0.4 is 11.0 Å². The average Bonchev–Trinajstić information content (AvgIpc) is 3.99. The summed E-state index contributed by atoms with van der Waals surface area (Å²) in [5.41, 5.74) is 4.83. The fraction of sp³-hybridized carbons (Fsp3) is 0.304. The van der Waals surface area contributed by atoms with Gasteiger partial charge < -0.3 is 19.1 Å². The molecule has 13 heteroatoms. The molecule has 0 atom stereocenters. The van der Waals surface area contributed by atoms with Crippen LogP contribution in [0.2, 0.25) is 0 Å². The van der Waals surface area contributed by atoms with Crippen molar-refractivity contribution >= 4 is 65.4 Å². The second-order valence-electron chi connectivity index (χ2n) is 16.6. The Morgan fingerprint density at radius 3 is 1.20 bits per heavy atom. The van der Waals surface area contributed by atoms with Crippen molar-refractivity contribution in [2.24, 2.45) is 41.8 Å². The van der Waals surface area contributed by atoms with Crippen LogP contribution in [-0.2, 0) is 8.85 Å². The predicted molar refractivity (Wildman–Crippen MR) is 229 cm³/mol. The SMILES string of the molecule is OC1CCC(CO[Si]2(OCC3CCC(O)CC3)n3c4c5ccccc5c3N=C3N=C(N=c5c6ccccc6c(n52)=NC2=NC(=N4)c4ccccc42)c2ccccc23)CC1. The van der Waals surface area contributed by atoms with Gasteiger partial charge in [0, 0.05) is 57.0 Å². The van der Waals surface area contributed by atoms with E-state index in [2.05, 4.69) is 57.0 Å². The Kier molecular flexibility index (Phi) is 8.18. The maximum atomic E-state index is 10.6. The van der Waals surface area contributed by atoms with Gasteiger partial charge >= 0.3 is 8.88 Å². The second-order valence-corrected chi connectivity index (χ2v) is 19.2. The lowest BCUT2D eigenvalue weighted by molar-refractivity contribution is 0.0555. The van der Waals surface area contributed by atoms with E-state index in [1.54, 1.807) is 0 Å². The highest BCUT2D eigenvalue weighted by Gasteiger charge is 2.54. The zero-order chi connectivity index (χ0) is 39.2. The van der Waals surface area contributed by atoms with Crippen molar-refractivity contribution in [3.05, 3.63) is 130 Å². The molecule has 59 heavy (non-hydrogen) atoms. The largest absolute Gasteiger partial charge is 0.603 e. The molecular weight excluding hydrogens is 757 g/mol. The molecule has 12 rings (SSSR count). The third-order valence-electron chi connectivity index (χ3n) is 13.0. The van der Waals surface area contributed by atoms with Gasteiger partial charge in [0.25, 0.3) is 0 Å². The summed E-state index contributed by atoms with van der Waals surface area (Å²) in [4.78, 5) is 32.5. The second kappa shape index (κ2) is 13.7. The van der Waals surface area contributed by atoms with Crippen molar-refractivity contribution in [1.29, 1.82) is 0 Å². The number of amidine groups is 4. The van der Waals surface area contributed by atoms with E-state index in [0.29, 0.717) is 59.2 Å². The van der Waals surface area contributed by atoms with Gasteiger partial charge in [0.05, 0.1) is 12.2 Å². The summed E-state index contributed by atoms with van der Waals surface area (Å²) in [6.07, 6.45) is 5.65. The molecule has 12 nitrogen and oxygen atoms in total. The minimum absolute atomic E-state index is 0.189. The Hall–Kier alpha value is -5.70. The number of aliphatic hydroxyl groups excluding tert-OH is 2. The van der Waals surface area contributed by atoms with Gasteiger partial charge in [0.1, 0.15) is 22.6 Å². The van der Waals surface area contributed by atoms with Crippen LogP contribution in [0, 0.1) is 11.8 Å². The molecule has 2 aliphatic carbocycles. The van der Waals surface area contributed by atoms with Crippen LogP contribution in [-0.4, -0.2) is 76.3 Å². The molecular formula is C46H42N8O4Si. The Morgan fingerprint density at radius 1 is 0.441 bits per heavy atom. The van der Waals surface area contributed by atoms with E-state index in [1.807, 2.05) is 48.5 Å². The lowest BCUT2D eigenvalue weighted by atomic mass is 9.88. The van der Waals surface area contributed by atoms with Crippen molar-refractivity contribution in [2.45, 2.75) is 63.6 Å². The number of nitrogens with zero attached hydrogens (tertiary/aromatic N) is 8. The minimum atomic E-state index is -4.22. The van der Waals surface area contributed by atoms with E-state index in [1.165, 1.54) is 0 Å². The molecule has 6 bridgehead atoms. The number of aliphatic hydroxyl groups is 2. The summed E-state index contributed by atoms with van der Waals surface area (Å²) >= 11 is 0. The molecule has 4 aromatic carbocycles. The first-order valence-electron chi connectivity index (χ1n) is 20.9. The number of fused-ring (bicyclic) bond motifs is 14. The summed E-state index contributed by atoms with van der Waals surface area (Å²) in [7, 11) is -4.22. The van der Waals surface area contributed by atoms with Crippen molar-refractivity contribution < 1.29 is 19.1 Å². The number of hydrogen-bond acceptors (Lipinski definition) is 10. The zero-order valence-electron chi connectivity index (χ0n) is 32.4. The monoisotopic (exact) mass is 798 g/mol. The number of hydrogen-bond donors (Lipinski definition) is 2. The molecule has 2 fully saturated rings. The number of benzene rings is 4. The predicted octanol–water partition coefficient (Wildman–Crippen LogP) is 6.51. The van der Waals surface area contributed by atoms with Crippen LogP contribution >= 0.6 is 0 Å². The van der Waals surface area contributed by atoms with E-state index >= 15 is 0 Å². The molecule has 294 valence electrons. The fourth-order valence-electron chi connectivity index (χ4n) is 9.81. The molecule has 0 spiro atoms. The van der Waals surface area contributed by atoms with E-state index < -0.39 is 8.88 Å².